The zero-order valence-corrected chi connectivity index (χ0v) is 8.29. The van der Waals surface area contributed by atoms with Crippen LogP contribution in [0.15, 0.2) is 18.2 Å². The highest BCUT2D eigenvalue weighted by atomic mass is 16.5. The molecule has 1 saturated carbocycles. The van der Waals surface area contributed by atoms with Crippen molar-refractivity contribution in [2.24, 2.45) is 5.92 Å². The number of anilines is 1. The van der Waals surface area contributed by atoms with Crippen LogP contribution in [-0.2, 0) is 0 Å². The summed E-state index contributed by atoms with van der Waals surface area (Å²) in [5.41, 5.74) is 0.839. The summed E-state index contributed by atoms with van der Waals surface area (Å²) in [6.45, 7) is 0.791. The lowest BCUT2D eigenvalue weighted by Gasteiger charge is -2.10. The molecule has 1 aliphatic carbocycles. The molecule has 1 aromatic rings. The van der Waals surface area contributed by atoms with E-state index in [1.807, 2.05) is 7.05 Å². The standard InChI is InChI=1S/C11H15NO2/c1-12-10-6-9(13)4-5-11(10)14-7-8-2-3-8/h4-6,8,12-13H,2-3,7H2,1H3. The van der Waals surface area contributed by atoms with E-state index < -0.39 is 0 Å². The van der Waals surface area contributed by atoms with E-state index in [1.165, 1.54) is 12.8 Å². The van der Waals surface area contributed by atoms with E-state index in [1.54, 1.807) is 18.2 Å². The molecule has 2 rings (SSSR count). The van der Waals surface area contributed by atoms with Crippen LogP contribution in [0.25, 0.3) is 0 Å². The van der Waals surface area contributed by atoms with Gasteiger partial charge in [-0.25, -0.2) is 0 Å². The van der Waals surface area contributed by atoms with Gasteiger partial charge in [0.15, 0.2) is 0 Å². The van der Waals surface area contributed by atoms with E-state index >= 15 is 0 Å². The maximum atomic E-state index is 9.26. The Morgan fingerprint density at radius 2 is 2.29 bits per heavy atom. The summed E-state index contributed by atoms with van der Waals surface area (Å²) in [5, 5.41) is 12.3. The molecule has 0 spiro atoms. The average molecular weight is 193 g/mol. The lowest BCUT2D eigenvalue weighted by atomic mass is 10.2. The Morgan fingerprint density at radius 3 is 2.93 bits per heavy atom. The van der Waals surface area contributed by atoms with Crippen LogP contribution in [0.4, 0.5) is 5.69 Å². The molecule has 1 aliphatic rings. The Balaban J connectivity index is 2.05. The van der Waals surface area contributed by atoms with Gasteiger partial charge in [-0.3, -0.25) is 0 Å². The van der Waals surface area contributed by atoms with Gasteiger partial charge in [-0.15, -0.1) is 0 Å². The van der Waals surface area contributed by atoms with Crippen LogP contribution in [0.1, 0.15) is 12.8 Å². The minimum absolute atomic E-state index is 0.258. The second kappa shape index (κ2) is 3.78. The summed E-state index contributed by atoms with van der Waals surface area (Å²) >= 11 is 0. The fraction of sp³-hybridized carbons (Fsp3) is 0.455. The van der Waals surface area contributed by atoms with Crippen molar-refractivity contribution < 1.29 is 9.84 Å². The van der Waals surface area contributed by atoms with E-state index in [-0.39, 0.29) is 5.75 Å². The van der Waals surface area contributed by atoms with Crippen LogP contribution in [-0.4, -0.2) is 18.8 Å². The van der Waals surface area contributed by atoms with Crippen molar-refractivity contribution in [1.82, 2.24) is 0 Å². The number of hydrogen-bond acceptors (Lipinski definition) is 3. The molecule has 0 aromatic heterocycles. The first-order chi connectivity index (χ1) is 6.79. The van der Waals surface area contributed by atoms with Crippen LogP contribution in [0.3, 0.4) is 0 Å². The van der Waals surface area contributed by atoms with Crippen LogP contribution in [0, 0.1) is 5.92 Å². The van der Waals surface area contributed by atoms with Crippen molar-refractivity contribution in [3.63, 3.8) is 0 Å². The summed E-state index contributed by atoms with van der Waals surface area (Å²) in [6.07, 6.45) is 2.57. The van der Waals surface area contributed by atoms with Crippen molar-refractivity contribution in [3.8, 4) is 11.5 Å². The second-order valence-corrected chi connectivity index (χ2v) is 3.68. The highest BCUT2D eigenvalue weighted by Gasteiger charge is 2.22. The highest BCUT2D eigenvalue weighted by molar-refractivity contribution is 5.59. The van der Waals surface area contributed by atoms with Crippen molar-refractivity contribution in [2.75, 3.05) is 19.0 Å². The fourth-order valence-electron chi connectivity index (χ4n) is 1.33. The van der Waals surface area contributed by atoms with Crippen molar-refractivity contribution in [2.45, 2.75) is 12.8 Å². The van der Waals surface area contributed by atoms with E-state index in [4.69, 9.17) is 4.74 Å². The van der Waals surface area contributed by atoms with Gasteiger partial charge in [0.25, 0.3) is 0 Å². The predicted molar refractivity (Wildman–Crippen MR) is 55.9 cm³/mol. The number of rotatable bonds is 4. The molecule has 76 valence electrons. The normalized spacial score (nSPS) is 15.2. The van der Waals surface area contributed by atoms with Gasteiger partial charge in [0.2, 0.25) is 0 Å². The number of hydrogen-bond donors (Lipinski definition) is 2. The molecule has 0 heterocycles. The van der Waals surface area contributed by atoms with E-state index in [0.29, 0.717) is 0 Å². The van der Waals surface area contributed by atoms with Crippen molar-refractivity contribution >= 4 is 5.69 Å². The molecular weight excluding hydrogens is 178 g/mol. The molecule has 2 N–H and O–H groups in total. The monoisotopic (exact) mass is 193 g/mol. The molecule has 3 nitrogen and oxygen atoms in total. The van der Waals surface area contributed by atoms with E-state index in [9.17, 15) is 5.11 Å². The maximum Gasteiger partial charge on any atom is 0.142 e. The molecule has 1 aromatic carbocycles. The molecular formula is C11H15NO2. The smallest absolute Gasteiger partial charge is 0.142 e. The zero-order chi connectivity index (χ0) is 9.97. The molecule has 0 aliphatic heterocycles. The van der Waals surface area contributed by atoms with Gasteiger partial charge in [-0.1, -0.05) is 0 Å². The van der Waals surface area contributed by atoms with Gasteiger partial charge in [-0.2, -0.15) is 0 Å². The number of nitrogens with one attached hydrogen (secondary N) is 1. The molecule has 0 atom stereocenters. The van der Waals surface area contributed by atoms with Crippen molar-refractivity contribution in [3.05, 3.63) is 18.2 Å². The largest absolute Gasteiger partial charge is 0.508 e. The SMILES string of the molecule is CNc1cc(O)ccc1OCC1CC1. The lowest BCUT2D eigenvalue weighted by molar-refractivity contribution is 0.301. The number of phenols is 1. The Kier molecular flexibility index (Phi) is 2.48. The quantitative estimate of drug-likeness (QED) is 0.770. The molecule has 0 bridgehead atoms. The maximum absolute atomic E-state index is 9.26. The van der Waals surface area contributed by atoms with Gasteiger partial charge < -0.3 is 15.2 Å². The topological polar surface area (TPSA) is 41.5 Å². The average Bonchev–Trinajstić information content (AvgIpc) is 2.99. The van der Waals surface area contributed by atoms with Gasteiger partial charge in [0.1, 0.15) is 11.5 Å². The molecule has 0 saturated heterocycles. The molecule has 3 heteroatoms. The predicted octanol–water partition coefficient (Wildman–Crippen LogP) is 2.22. The first kappa shape index (κ1) is 9.19. The van der Waals surface area contributed by atoms with Crippen LogP contribution >= 0.6 is 0 Å². The minimum Gasteiger partial charge on any atom is -0.508 e. The summed E-state index contributed by atoms with van der Waals surface area (Å²) < 4.78 is 5.63. The lowest BCUT2D eigenvalue weighted by Crippen LogP contribution is -2.01. The van der Waals surface area contributed by atoms with Gasteiger partial charge in [-0.05, 0) is 30.9 Å². The first-order valence-electron chi connectivity index (χ1n) is 4.93. The first-order valence-corrected chi connectivity index (χ1v) is 4.93. The molecule has 1 fully saturated rings. The number of ether oxygens (including phenoxy) is 1. The number of benzene rings is 1. The van der Waals surface area contributed by atoms with Gasteiger partial charge in [0.05, 0.1) is 12.3 Å². The number of phenolic OH excluding ortho intramolecular Hbond substituents is 1. The second-order valence-electron chi connectivity index (χ2n) is 3.68. The summed E-state index contributed by atoms with van der Waals surface area (Å²) in [6, 6.07) is 5.11. The Hall–Kier alpha value is -1.38. The summed E-state index contributed by atoms with van der Waals surface area (Å²) in [7, 11) is 1.82. The zero-order valence-electron chi connectivity index (χ0n) is 8.29. The van der Waals surface area contributed by atoms with Gasteiger partial charge in [0, 0.05) is 13.1 Å². The van der Waals surface area contributed by atoms with Gasteiger partial charge >= 0.3 is 0 Å². The third kappa shape index (κ3) is 2.10. The summed E-state index contributed by atoms with van der Waals surface area (Å²) in [5.74, 6) is 1.82. The Bertz CT molecular complexity index is 321. The molecule has 14 heavy (non-hydrogen) atoms. The molecule has 0 amide bonds. The Morgan fingerprint density at radius 1 is 1.50 bits per heavy atom. The van der Waals surface area contributed by atoms with Crippen LogP contribution in [0.2, 0.25) is 0 Å². The fourth-order valence-corrected chi connectivity index (χ4v) is 1.33. The third-order valence-electron chi connectivity index (χ3n) is 2.40. The third-order valence-corrected chi connectivity index (χ3v) is 2.40. The van der Waals surface area contributed by atoms with Crippen molar-refractivity contribution in [1.29, 1.82) is 0 Å². The summed E-state index contributed by atoms with van der Waals surface area (Å²) in [4.78, 5) is 0. The van der Waals surface area contributed by atoms with E-state index in [2.05, 4.69) is 5.32 Å². The molecule has 0 radical (unpaired) electrons. The minimum atomic E-state index is 0.258. The van der Waals surface area contributed by atoms with Crippen LogP contribution < -0.4 is 10.1 Å². The van der Waals surface area contributed by atoms with Crippen LogP contribution in [0.5, 0.6) is 11.5 Å². The number of aromatic hydroxyl groups is 1. The Labute approximate surface area is 83.7 Å². The highest BCUT2D eigenvalue weighted by Crippen LogP contribution is 2.32. The molecule has 0 unspecified atom stereocenters. The van der Waals surface area contributed by atoms with E-state index in [0.717, 1.165) is 24.0 Å².